The van der Waals surface area contributed by atoms with Crippen LogP contribution in [-0.2, 0) is 0 Å². The first-order chi connectivity index (χ1) is 14.1. The molecule has 4 rings (SSSR count). The largest absolute Gasteiger partial charge is 0.397 e. The molecule has 0 aliphatic carbocycles. The van der Waals surface area contributed by atoms with Crippen LogP contribution in [0.1, 0.15) is 20.7 Å². The molecule has 4 aromatic carbocycles. The van der Waals surface area contributed by atoms with Crippen LogP contribution in [0.5, 0.6) is 0 Å². The lowest BCUT2D eigenvalue weighted by atomic mass is 10.1. The van der Waals surface area contributed by atoms with E-state index in [1.165, 1.54) is 0 Å². The number of anilines is 3. The van der Waals surface area contributed by atoms with E-state index in [9.17, 15) is 9.59 Å². The van der Waals surface area contributed by atoms with Gasteiger partial charge in [0.1, 0.15) is 0 Å². The van der Waals surface area contributed by atoms with Crippen LogP contribution in [-0.4, -0.2) is 11.8 Å². The molecule has 0 aliphatic rings. The number of fused-ring (bicyclic) bond motifs is 1. The highest BCUT2D eigenvalue weighted by Gasteiger charge is 2.10. The van der Waals surface area contributed by atoms with Gasteiger partial charge in [0.15, 0.2) is 0 Å². The van der Waals surface area contributed by atoms with Crippen molar-refractivity contribution in [1.82, 2.24) is 0 Å². The summed E-state index contributed by atoms with van der Waals surface area (Å²) in [6.45, 7) is 0. The first-order valence-corrected chi connectivity index (χ1v) is 9.16. The molecule has 0 spiro atoms. The van der Waals surface area contributed by atoms with Gasteiger partial charge in [0.25, 0.3) is 11.8 Å². The maximum atomic E-state index is 12.6. The fraction of sp³-hybridized carbons (Fsp3) is 0. The lowest BCUT2D eigenvalue weighted by Gasteiger charge is -2.09. The van der Waals surface area contributed by atoms with Crippen molar-refractivity contribution in [3.8, 4) is 0 Å². The Hall–Kier alpha value is -4.12. The van der Waals surface area contributed by atoms with Gasteiger partial charge in [-0.25, -0.2) is 0 Å². The number of carbonyl (C=O) groups excluding carboxylic acids is 2. The third kappa shape index (κ3) is 4.09. The topological polar surface area (TPSA) is 84.2 Å². The van der Waals surface area contributed by atoms with E-state index in [1.807, 2.05) is 36.4 Å². The number of nitrogens with one attached hydrogen (secondary N) is 2. The quantitative estimate of drug-likeness (QED) is 0.438. The van der Waals surface area contributed by atoms with Gasteiger partial charge < -0.3 is 16.4 Å². The van der Waals surface area contributed by atoms with Gasteiger partial charge in [0.05, 0.1) is 11.4 Å². The zero-order chi connectivity index (χ0) is 20.2. The van der Waals surface area contributed by atoms with E-state index in [0.717, 1.165) is 10.8 Å². The summed E-state index contributed by atoms with van der Waals surface area (Å²) in [7, 11) is 0. The van der Waals surface area contributed by atoms with Gasteiger partial charge in [0.2, 0.25) is 0 Å². The van der Waals surface area contributed by atoms with Crippen molar-refractivity contribution in [2.75, 3.05) is 16.4 Å². The highest BCUT2D eigenvalue weighted by atomic mass is 16.2. The SMILES string of the molecule is Nc1ccccc1NC(=O)c1ccc(NC(=O)c2ccc3ccccc3c2)cc1. The Balaban J connectivity index is 1.45. The van der Waals surface area contributed by atoms with Crippen molar-refractivity contribution in [2.45, 2.75) is 0 Å². The highest BCUT2D eigenvalue weighted by Crippen LogP contribution is 2.20. The Morgan fingerprint density at radius 1 is 0.621 bits per heavy atom. The second-order valence-corrected chi connectivity index (χ2v) is 6.63. The van der Waals surface area contributed by atoms with Gasteiger partial charge in [-0.2, -0.15) is 0 Å². The summed E-state index contributed by atoms with van der Waals surface area (Å²) in [4.78, 5) is 24.9. The summed E-state index contributed by atoms with van der Waals surface area (Å²) in [5.41, 5.74) is 8.57. The van der Waals surface area contributed by atoms with Crippen molar-refractivity contribution in [2.24, 2.45) is 0 Å². The predicted molar refractivity (Wildman–Crippen MR) is 117 cm³/mol. The number of carbonyl (C=O) groups is 2. The molecule has 2 amide bonds. The molecule has 0 aliphatic heterocycles. The Kier molecular flexibility index (Phi) is 4.95. The number of rotatable bonds is 4. The molecule has 0 saturated heterocycles. The zero-order valence-corrected chi connectivity index (χ0v) is 15.6. The Morgan fingerprint density at radius 3 is 2.00 bits per heavy atom. The van der Waals surface area contributed by atoms with Crippen molar-refractivity contribution in [1.29, 1.82) is 0 Å². The molecule has 0 fully saturated rings. The van der Waals surface area contributed by atoms with Gasteiger partial charge >= 0.3 is 0 Å². The van der Waals surface area contributed by atoms with E-state index >= 15 is 0 Å². The average molecular weight is 381 g/mol. The zero-order valence-electron chi connectivity index (χ0n) is 15.6. The molecule has 5 heteroatoms. The minimum absolute atomic E-state index is 0.204. The summed E-state index contributed by atoms with van der Waals surface area (Å²) in [5, 5.41) is 7.72. The smallest absolute Gasteiger partial charge is 0.255 e. The minimum atomic E-state index is -0.268. The number of benzene rings is 4. The first-order valence-electron chi connectivity index (χ1n) is 9.16. The van der Waals surface area contributed by atoms with E-state index in [1.54, 1.807) is 54.6 Å². The molecule has 142 valence electrons. The van der Waals surface area contributed by atoms with E-state index in [4.69, 9.17) is 5.73 Å². The first kappa shape index (κ1) is 18.3. The molecule has 0 aromatic heterocycles. The van der Waals surface area contributed by atoms with Crippen LogP contribution in [0, 0.1) is 0 Å². The Bertz CT molecular complexity index is 1200. The number of amides is 2. The van der Waals surface area contributed by atoms with Gasteiger partial charge in [-0.1, -0.05) is 42.5 Å². The van der Waals surface area contributed by atoms with Crippen molar-refractivity contribution in [3.05, 3.63) is 102 Å². The molecule has 5 nitrogen and oxygen atoms in total. The lowest BCUT2D eigenvalue weighted by Crippen LogP contribution is -2.14. The lowest BCUT2D eigenvalue weighted by molar-refractivity contribution is 0.102. The molecular weight excluding hydrogens is 362 g/mol. The molecule has 0 unspecified atom stereocenters. The third-order valence-corrected chi connectivity index (χ3v) is 4.63. The molecule has 0 bridgehead atoms. The summed E-state index contributed by atoms with van der Waals surface area (Å²) in [6.07, 6.45) is 0. The van der Waals surface area contributed by atoms with Crippen LogP contribution >= 0.6 is 0 Å². The van der Waals surface area contributed by atoms with Crippen LogP contribution in [0.25, 0.3) is 10.8 Å². The van der Waals surface area contributed by atoms with Crippen LogP contribution in [0.4, 0.5) is 17.1 Å². The fourth-order valence-electron chi connectivity index (χ4n) is 3.04. The van der Waals surface area contributed by atoms with Crippen molar-refractivity contribution < 1.29 is 9.59 Å². The summed E-state index contributed by atoms with van der Waals surface area (Å²) >= 11 is 0. The second kappa shape index (κ2) is 7.86. The summed E-state index contributed by atoms with van der Waals surface area (Å²) in [5.74, 6) is -0.472. The van der Waals surface area contributed by atoms with E-state index in [2.05, 4.69) is 10.6 Å². The molecule has 0 heterocycles. The molecule has 0 saturated carbocycles. The summed E-state index contributed by atoms with van der Waals surface area (Å²) < 4.78 is 0. The standard InChI is InChI=1S/C24H19N3O2/c25-21-7-3-4-8-22(21)27-23(28)17-11-13-20(14-12-17)26-24(29)19-10-9-16-5-1-2-6-18(16)15-19/h1-15H,25H2,(H,26,29)(H,27,28). The Morgan fingerprint density at radius 2 is 1.24 bits per heavy atom. The number of nitrogen functional groups attached to an aromatic ring is 1. The third-order valence-electron chi connectivity index (χ3n) is 4.63. The van der Waals surface area contributed by atoms with Crippen molar-refractivity contribution in [3.63, 3.8) is 0 Å². The van der Waals surface area contributed by atoms with Crippen LogP contribution in [0.2, 0.25) is 0 Å². The van der Waals surface area contributed by atoms with E-state index in [-0.39, 0.29) is 11.8 Å². The molecule has 4 N–H and O–H groups in total. The fourth-order valence-corrected chi connectivity index (χ4v) is 3.04. The second-order valence-electron chi connectivity index (χ2n) is 6.63. The number of para-hydroxylation sites is 2. The molecule has 4 aromatic rings. The van der Waals surface area contributed by atoms with Crippen molar-refractivity contribution >= 4 is 39.6 Å². The van der Waals surface area contributed by atoms with E-state index in [0.29, 0.717) is 28.2 Å². The van der Waals surface area contributed by atoms with Gasteiger partial charge in [0, 0.05) is 16.8 Å². The number of hydrogen-bond donors (Lipinski definition) is 3. The van der Waals surface area contributed by atoms with Gasteiger partial charge in [-0.05, 0) is 59.3 Å². The van der Waals surface area contributed by atoms with E-state index < -0.39 is 0 Å². The molecular formula is C24H19N3O2. The normalized spacial score (nSPS) is 10.5. The van der Waals surface area contributed by atoms with Crippen LogP contribution < -0.4 is 16.4 Å². The van der Waals surface area contributed by atoms with Gasteiger partial charge in [-0.15, -0.1) is 0 Å². The Labute approximate surface area is 168 Å². The molecule has 29 heavy (non-hydrogen) atoms. The molecule has 0 atom stereocenters. The number of nitrogens with two attached hydrogens (primary N) is 1. The summed E-state index contributed by atoms with van der Waals surface area (Å²) in [6, 6.07) is 27.2. The number of hydrogen-bond acceptors (Lipinski definition) is 3. The van der Waals surface area contributed by atoms with Crippen LogP contribution in [0.15, 0.2) is 91.0 Å². The van der Waals surface area contributed by atoms with Gasteiger partial charge in [-0.3, -0.25) is 9.59 Å². The average Bonchev–Trinajstić information content (AvgIpc) is 2.75. The maximum Gasteiger partial charge on any atom is 0.255 e. The minimum Gasteiger partial charge on any atom is -0.397 e. The molecule has 0 radical (unpaired) electrons. The highest BCUT2D eigenvalue weighted by molar-refractivity contribution is 6.08. The maximum absolute atomic E-state index is 12.6. The van der Waals surface area contributed by atoms with Crippen LogP contribution in [0.3, 0.4) is 0 Å². The monoisotopic (exact) mass is 381 g/mol. The predicted octanol–water partition coefficient (Wildman–Crippen LogP) is 4.93.